The van der Waals surface area contributed by atoms with E-state index in [1.54, 1.807) is 0 Å². The minimum atomic E-state index is -4.05. The largest absolute Gasteiger partial charge is 0.389 e. The fourth-order valence-corrected chi connectivity index (χ4v) is 7.64. The first kappa shape index (κ1) is 33.0. The lowest BCUT2D eigenvalue weighted by molar-refractivity contribution is 0.00890. The Morgan fingerprint density at radius 2 is 0.978 bits per heavy atom. The lowest BCUT2D eigenvalue weighted by Gasteiger charge is -2.28. The molecule has 2 N–H and O–H groups in total. The second-order valence-corrected chi connectivity index (χ2v) is 14.1. The SMILES string of the molecule is CCCCc1ccc(-c2ccccc2CN2C[C@H](O)[C@@H](O)CN(Cc3ccccc3-c3ccc(CCCC)cc3)S2(=O)=O)cc1. The maximum Gasteiger partial charge on any atom is 0.282 e. The van der Waals surface area contributed by atoms with Crippen molar-refractivity contribution in [3.63, 3.8) is 0 Å². The molecule has 0 aromatic heterocycles. The molecule has 0 amide bonds. The Kier molecular flexibility index (Phi) is 11.2. The van der Waals surface area contributed by atoms with Gasteiger partial charge in [-0.15, -0.1) is 0 Å². The zero-order chi connectivity index (χ0) is 31.8. The van der Waals surface area contributed by atoms with Crippen molar-refractivity contribution in [2.45, 2.75) is 77.7 Å². The summed E-state index contributed by atoms with van der Waals surface area (Å²) in [6.07, 6.45) is 4.23. The summed E-state index contributed by atoms with van der Waals surface area (Å²) in [5.74, 6) is 0. The van der Waals surface area contributed by atoms with E-state index in [0.29, 0.717) is 0 Å². The number of benzene rings is 4. The number of nitrogens with zero attached hydrogens (tertiary/aromatic N) is 2. The van der Waals surface area contributed by atoms with Gasteiger partial charge in [-0.25, -0.2) is 0 Å². The second-order valence-electron chi connectivity index (χ2n) is 12.1. The van der Waals surface area contributed by atoms with Gasteiger partial charge >= 0.3 is 0 Å². The van der Waals surface area contributed by atoms with E-state index >= 15 is 0 Å². The van der Waals surface area contributed by atoms with Crippen LogP contribution in [0.5, 0.6) is 0 Å². The van der Waals surface area contributed by atoms with Gasteiger partial charge in [0.25, 0.3) is 10.2 Å². The van der Waals surface area contributed by atoms with Crippen molar-refractivity contribution in [3.8, 4) is 22.3 Å². The molecule has 1 heterocycles. The number of unbranched alkanes of at least 4 members (excludes halogenated alkanes) is 2. The number of aliphatic hydroxyl groups excluding tert-OH is 2. The van der Waals surface area contributed by atoms with Crippen LogP contribution in [-0.2, 0) is 36.1 Å². The first-order valence-corrected chi connectivity index (χ1v) is 17.7. The van der Waals surface area contributed by atoms with Crippen LogP contribution in [0, 0.1) is 0 Å². The topological polar surface area (TPSA) is 81.1 Å². The summed E-state index contributed by atoms with van der Waals surface area (Å²) in [6, 6.07) is 32.6. The second kappa shape index (κ2) is 15.3. The highest BCUT2D eigenvalue weighted by molar-refractivity contribution is 7.86. The van der Waals surface area contributed by atoms with E-state index < -0.39 is 22.4 Å². The van der Waals surface area contributed by atoms with Gasteiger partial charge in [-0.2, -0.15) is 17.0 Å². The molecule has 0 saturated carbocycles. The van der Waals surface area contributed by atoms with Crippen molar-refractivity contribution in [1.82, 2.24) is 8.61 Å². The van der Waals surface area contributed by atoms with Gasteiger partial charge in [-0.1, -0.05) is 124 Å². The van der Waals surface area contributed by atoms with Crippen molar-refractivity contribution in [2.75, 3.05) is 13.1 Å². The molecule has 7 heteroatoms. The molecule has 2 atom stereocenters. The summed E-state index contributed by atoms with van der Waals surface area (Å²) in [5, 5.41) is 21.7. The van der Waals surface area contributed by atoms with Gasteiger partial charge in [0.05, 0.1) is 12.2 Å². The van der Waals surface area contributed by atoms with Crippen molar-refractivity contribution in [3.05, 3.63) is 119 Å². The highest BCUT2D eigenvalue weighted by Gasteiger charge is 2.39. The predicted octanol–water partition coefficient (Wildman–Crippen LogP) is 6.99. The Balaban J connectivity index is 1.42. The summed E-state index contributed by atoms with van der Waals surface area (Å²) in [7, 11) is -4.05. The summed E-state index contributed by atoms with van der Waals surface area (Å²) in [6.45, 7) is 4.15. The molecule has 0 bridgehead atoms. The molecular weight excluding hydrogens is 580 g/mol. The molecule has 0 radical (unpaired) electrons. The third-order valence-electron chi connectivity index (χ3n) is 8.77. The van der Waals surface area contributed by atoms with Crippen molar-refractivity contribution in [1.29, 1.82) is 0 Å². The van der Waals surface area contributed by atoms with Crippen molar-refractivity contribution in [2.24, 2.45) is 0 Å². The zero-order valence-electron chi connectivity index (χ0n) is 26.5. The van der Waals surface area contributed by atoms with Crippen LogP contribution in [0.15, 0.2) is 97.1 Å². The maximum atomic E-state index is 14.2. The van der Waals surface area contributed by atoms with Gasteiger partial charge in [0, 0.05) is 26.2 Å². The highest BCUT2D eigenvalue weighted by Crippen LogP contribution is 2.31. The molecular formula is C38H46N2O4S. The minimum absolute atomic E-state index is 0.0806. The van der Waals surface area contributed by atoms with Crippen LogP contribution in [0.4, 0.5) is 0 Å². The Hall–Kier alpha value is -3.33. The average Bonchev–Trinajstić information content (AvgIpc) is 3.13. The fraction of sp³-hybridized carbons (Fsp3) is 0.368. The molecule has 4 aromatic rings. The van der Waals surface area contributed by atoms with E-state index in [-0.39, 0.29) is 26.2 Å². The molecule has 1 saturated heterocycles. The van der Waals surface area contributed by atoms with E-state index in [9.17, 15) is 18.6 Å². The quantitative estimate of drug-likeness (QED) is 0.178. The summed E-state index contributed by atoms with van der Waals surface area (Å²) in [4.78, 5) is 0. The summed E-state index contributed by atoms with van der Waals surface area (Å²) < 4.78 is 31.1. The maximum absolute atomic E-state index is 14.2. The lowest BCUT2D eigenvalue weighted by atomic mass is 9.97. The first-order valence-electron chi connectivity index (χ1n) is 16.3. The highest BCUT2D eigenvalue weighted by atomic mass is 32.2. The molecule has 0 unspecified atom stereocenters. The fourth-order valence-electron chi connectivity index (χ4n) is 6.03. The van der Waals surface area contributed by atoms with E-state index in [0.717, 1.165) is 71.9 Å². The molecule has 0 aliphatic carbocycles. The van der Waals surface area contributed by atoms with Gasteiger partial charge in [-0.05, 0) is 70.2 Å². The minimum Gasteiger partial charge on any atom is -0.389 e. The smallest absolute Gasteiger partial charge is 0.282 e. The van der Waals surface area contributed by atoms with Crippen LogP contribution in [0.2, 0.25) is 0 Å². The molecule has 1 aliphatic heterocycles. The van der Waals surface area contributed by atoms with E-state index in [4.69, 9.17) is 0 Å². The Morgan fingerprint density at radius 1 is 0.600 bits per heavy atom. The lowest BCUT2D eigenvalue weighted by Crippen LogP contribution is -2.42. The molecule has 45 heavy (non-hydrogen) atoms. The third kappa shape index (κ3) is 8.10. The van der Waals surface area contributed by atoms with Gasteiger partial charge in [0.15, 0.2) is 0 Å². The zero-order valence-corrected chi connectivity index (χ0v) is 27.3. The molecule has 4 aromatic carbocycles. The monoisotopic (exact) mass is 626 g/mol. The third-order valence-corrected chi connectivity index (χ3v) is 10.6. The molecule has 238 valence electrons. The normalized spacial score (nSPS) is 18.9. The number of hydrogen-bond acceptors (Lipinski definition) is 4. The number of aliphatic hydroxyl groups is 2. The van der Waals surface area contributed by atoms with Crippen LogP contribution in [-0.4, -0.2) is 52.5 Å². The molecule has 1 fully saturated rings. The van der Waals surface area contributed by atoms with E-state index in [1.807, 2.05) is 48.5 Å². The Labute approximate surface area is 269 Å². The average molecular weight is 627 g/mol. The summed E-state index contributed by atoms with van der Waals surface area (Å²) in [5.41, 5.74) is 8.20. The molecule has 6 nitrogen and oxygen atoms in total. The van der Waals surface area contributed by atoms with E-state index in [1.165, 1.54) is 19.7 Å². The van der Waals surface area contributed by atoms with Crippen LogP contribution < -0.4 is 0 Å². The summed E-state index contributed by atoms with van der Waals surface area (Å²) >= 11 is 0. The van der Waals surface area contributed by atoms with Crippen molar-refractivity contribution >= 4 is 10.2 Å². The van der Waals surface area contributed by atoms with Crippen LogP contribution in [0.25, 0.3) is 22.3 Å². The van der Waals surface area contributed by atoms with E-state index in [2.05, 4.69) is 62.4 Å². The number of rotatable bonds is 12. The molecule has 0 spiro atoms. The molecule has 1 aliphatic rings. The predicted molar refractivity (Wildman–Crippen MR) is 183 cm³/mol. The Morgan fingerprint density at radius 3 is 1.36 bits per heavy atom. The van der Waals surface area contributed by atoms with Crippen LogP contribution >= 0.6 is 0 Å². The van der Waals surface area contributed by atoms with Gasteiger partial charge in [0.1, 0.15) is 0 Å². The number of hydrogen-bond donors (Lipinski definition) is 2. The van der Waals surface area contributed by atoms with Crippen molar-refractivity contribution < 1.29 is 18.6 Å². The van der Waals surface area contributed by atoms with Gasteiger partial charge in [0.2, 0.25) is 0 Å². The first-order chi connectivity index (χ1) is 21.8. The standard InChI is InChI=1S/C38H46N2O4S/c1-3-5-11-29-17-21-31(22-18-29)35-15-9-7-13-33(35)25-39-27-37(41)38(42)28-40(45(39,43)44)26-34-14-8-10-16-36(34)32-23-19-30(20-24-32)12-6-4-2/h7-10,13-24,37-38,41-42H,3-6,11-12,25-28H2,1-2H3/t37-,38-/m0/s1. The Bertz CT molecular complexity index is 1520. The number of aryl methyl sites for hydroxylation is 2. The van der Waals surface area contributed by atoms with Crippen LogP contribution in [0.1, 0.15) is 61.8 Å². The molecule has 5 rings (SSSR count). The van der Waals surface area contributed by atoms with Crippen LogP contribution in [0.3, 0.4) is 0 Å². The van der Waals surface area contributed by atoms with Gasteiger partial charge in [-0.3, -0.25) is 0 Å². The number of β-amino-alcohol motifs (C(OH)–C–C–N with tert-alkyl or cyclic N) is 2. The van der Waals surface area contributed by atoms with Gasteiger partial charge < -0.3 is 10.2 Å².